The van der Waals surface area contributed by atoms with Crippen molar-refractivity contribution in [3.63, 3.8) is 0 Å². The van der Waals surface area contributed by atoms with E-state index >= 15 is 0 Å². The van der Waals surface area contributed by atoms with Crippen LogP contribution in [0.25, 0.3) is 0 Å². The van der Waals surface area contributed by atoms with Crippen molar-refractivity contribution in [3.05, 3.63) is 23.8 Å². The van der Waals surface area contributed by atoms with Crippen LogP contribution in [-0.2, 0) is 0 Å². The third-order valence-corrected chi connectivity index (χ3v) is 4.65. The molecule has 2 aliphatic rings. The molecule has 0 aromatic heterocycles. The summed E-state index contributed by atoms with van der Waals surface area (Å²) >= 11 is 0. The lowest BCUT2D eigenvalue weighted by molar-refractivity contribution is -0.0126. The first-order valence-electron chi connectivity index (χ1n) is 7.05. The van der Waals surface area contributed by atoms with Crippen molar-refractivity contribution in [1.82, 2.24) is 4.90 Å². The Morgan fingerprint density at radius 2 is 2.11 bits per heavy atom. The smallest absolute Gasteiger partial charge is 0.165 e. The van der Waals surface area contributed by atoms with Crippen LogP contribution in [0.2, 0.25) is 0 Å². The maximum Gasteiger partial charge on any atom is 0.165 e. The molecular weight excluding hydrogens is 238 g/mol. The average Bonchev–Trinajstić information content (AvgIpc) is 2.36. The molecule has 104 valence electrons. The predicted molar refractivity (Wildman–Crippen MR) is 76.1 cm³/mol. The van der Waals surface area contributed by atoms with Gasteiger partial charge in [0.15, 0.2) is 11.5 Å². The Balaban J connectivity index is 2.02. The molecule has 1 fully saturated rings. The summed E-state index contributed by atoms with van der Waals surface area (Å²) in [4.78, 5) is 2.33. The fourth-order valence-corrected chi connectivity index (χ4v) is 3.68. The fraction of sp³-hybridized carbons (Fsp3) is 0.625. The molecule has 3 heteroatoms. The van der Waals surface area contributed by atoms with Crippen LogP contribution < -0.4 is 9.47 Å². The minimum atomic E-state index is -0.0561. The molecule has 3 rings (SSSR count). The summed E-state index contributed by atoms with van der Waals surface area (Å²) in [6.45, 7) is 2.24. The van der Waals surface area contributed by atoms with Gasteiger partial charge in [-0.1, -0.05) is 12.1 Å². The van der Waals surface area contributed by atoms with Crippen molar-refractivity contribution >= 4 is 0 Å². The minimum Gasteiger partial charge on any atom is -0.493 e. The molecule has 1 aromatic rings. The largest absolute Gasteiger partial charge is 0.493 e. The van der Waals surface area contributed by atoms with Gasteiger partial charge >= 0.3 is 0 Å². The zero-order valence-corrected chi connectivity index (χ0v) is 12.3. The SMILES string of the molecule is COc1cccc2c1OC1(C)CC2CC(N(C)C)C1. The number of hydrogen-bond acceptors (Lipinski definition) is 3. The lowest BCUT2D eigenvalue weighted by Gasteiger charge is -2.48. The van der Waals surface area contributed by atoms with E-state index in [1.165, 1.54) is 12.0 Å². The van der Waals surface area contributed by atoms with E-state index in [1.54, 1.807) is 7.11 Å². The number of para-hydroxylation sites is 1. The molecule has 1 aliphatic heterocycles. The van der Waals surface area contributed by atoms with E-state index in [2.05, 4.69) is 38.1 Å². The van der Waals surface area contributed by atoms with Gasteiger partial charge in [0.2, 0.25) is 0 Å². The molecule has 0 amide bonds. The lowest BCUT2D eigenvalue weighted by Crippen LogP contribution is -2.49. The molecule has 0 radical (unpaired) electrons. The average molecular weight is 261 g/mol. The molecule has 3 unspecified atom stereocenters. The number of methoxy groups -OCH3 is 1. The van der Waals surface area contributed by atoms with Gasteiger partial charge in [0, 0.05) is 18.0 Å². The van der Waals surface area contributed by atoms with Crippen molar-refractivity contribution in [2.45, 2.75) is 43.7 Å². The van der Waals surface area contributed by atoms with Gasteiger partial charge in [0.05, 0.1) is 7.11 Å². The molecule has 0 saturated heterocycles. The van der Waals surface area contributed by atoms with Gasteiger partial charge in [0.25, 0.3) is 0 Å². The highest BCUT2D eigenvalue weighted by Crippen LogP contribution is 2.52. The van der Waals surface area contributed by atoms with Crippen LogP contribution in [0.15, 0.2) is 18.2 Å². The van der Waals surface area contributed by atoms with Crippen LogP contribution >= 0.6 is 0 Å². The van der Waals surface area contributed by atoms with Crippen molar-refractivity contribution in [2.75, 3.05) is 21.2 Å². The summed E-state index contributed by atoms with van der Waals surface area (Å²) in [5, 5.41) is 0. The molecular formula is C16H23NO2. The number of rotatable bonds is 2. The standard InChI is InChI=1S/C16H23NO2/c1-16-9-11(8-12(10-16)17(2)3)13-6-5-7-14(18-4)15(13)19-16/h5-7,11-12H,8-10H2,1-4H3. The topological polar surface area (TPSA) is 21.7 Å². The highest BCUT2D eigenvalue weighted by atomic mass is 16.5. The van der Waals surface area contributed by atoms with Crippen LogP contribution in [0, 0.1) is 0 Å². The maximum atomic E-state index is 6.34. The van der Waals surface area contributed by atoms with Crippen molar-refractivity contribution in [1.29, 1.82) is 0 Å². The third kappa shape index (κ3) is 2.10. The van der Waals surface area contributed by atoms with E-state index in [1.807, 2.05) is 6.07 Å². The fourth-order valence-electron chi connectivity index (χ4n) is 3.68. The van der Waals surface area contributed by atoms with Gasteiger partial charge in [0.1, 0.15) is 5.60 Å². The van der Waals surface area contributed by atoms with E-state index < -0.39 is 0 Å². The Hall–Kier alpha value is -1.22. The first kappa shape index (κ1) is 12.8. The number of fused-ring (bicyclic) bond motifs is 4. The molecule has 3 atom stereocenters. The summed E-state index contributed by atoms with van der Waals surface area (Å²) in [5.74, 6) is 2.43. The van der Waals surface area contributed by atoms with Crippen LogP contribution in [0.3, 0.4) is 0 Å². The zero-order chi connectivity index (χ0) is 13.6. The molecule has 0 spiro atoms. The van der Waals surface area contributed by atoms with Crippen molar-refractivity contribution in [2.24, 2.45) is 0 Å². The molecule has 2 bridgehead atoms. The molecule has 19 heavy (non-hydrogen) atoms. The zero-order valence-electron chi connectivity index (χ0n) is 12.3. The van der Waals surface area contributed by atoms with Crippen LogP contribution in [0.5, 0.6) is 11.5 Å². The summed E-state index contributed by atoms with van der Waals surface area (Å²) < 4.78 is 11.8. The first-order valence-corrected chi connectivity index (χ1v) is 7.05. The van der Waals surface area contributed by atoms with E-state index in [9.17, 15) is 0 Å². The molecule has 0 N–H and O–H groups in total. The number of ether oxygens (including phenoxy) is 2. The van der Waals surface area contributed by atoms with Gasteiger partial charge in [-0.25, -0.2) is 0 Å². The molecule has 1 heterocycles. The summed E-state index contributed by atoms with van der Waals surface area (Å²) in [7, 11) is 6.05. The highest BCUT2D eigenvalue weighted by molar-refractivity contribution is 5.50. The summed E-state index contributed by atoms with van der Waals surface area (Å²) in [6, 6.07) is 6.86. The maximum absolute atomic E-state index is 6.34. The van der Waals surface area contributed by atoms with E-state index in [0.717, 1.165) is 24.3 Å². The predicted octanol–water partition coefficient (Wildman–Crippen LogP) is 3.04. The molecule has 1 aliphatic carbocycles. The van der Waals surface area contributed by atoms with E-state index in [0.29, 0.717) is 12.0 Å². The Labute approximate surface area is 115 Å². The van der Waals surface area contributed by atoms with Crippen LogP contribution in [0.1, 0.15) is 37.7 Å². The third-order valence-electron chi connectivity index (χ3n) is 4.65. The molecule has 3 nitrogen and oxygen atoms in total. The first-order chi connectivity index (χ1) is 9.02. The summed E-state index contributed by atoms with van der Waals surface area (Å²) in [5.41, 5.74) is 1.27. The van der Waals surface area contributed by atoms with Crippen LogP contribution in [-0.4, -0.2) is 37.7 Å². The Kier molecular flexibility index (Phi) is 2.97. The Morgan fingerprint density at radius 3 is 2.79 bits per heavy atom. The highest BCUT2D eigenvalue weighted by Gasteiger charge is 2.45. The van der Waals surface area contributed by atoms with Crippen molar-refractivity contribution in [3.8, 4) is 11.5 Å². The monoisotopic (exact) mass is 261 g/mol. The van der Waals surface area contributed by atoms with Crippen LogP contribution in [0.4, 0.5) is 0 Å². The van der Waals surface area contributed by atoms with Gasteiger partial charge in [-0.2, -0.15) is 0 Å². The Bertz CT molecular complexity index is 486. The Morgan fingerprint density at radius 1 is 1.32 bits per heavy atom. The second kappa shape index (κ2) is 4.41. The van der Waals surface area contributed by atoms with Gasteiger partial charge in [-0.15, -0.1) is 0 Å². The molecule has 1 saturated carbocycles. The van der Waals surface area contributed by atoms with Gasteiger partial charge < -0.3 is 14.4 Å². The number of nitrogens with zero attached hydrogens (tertiary/aromatic N) is 1. The normalized spacial score (nSPS) is 32.7. The van der Waals surface area contributed by atoms with Gasteiger partial charge in [-0.05, 0) is 45.8 Å². The van der Waals surface area contributed by atoms with E-state index in [-0.39, 0.29) is 5.60 Å². The number of benzene rings is 1. The minimum absolute atomic E-state index is 0.0561. The molecule has 1 aromatic carbocycles. The lowest BCUT2D eigenvalue weighted by atomic mass is 9.71. The second-order valence-electron chi connectivity index (χ2n) is 6.39. The second-order valence-corrected chi connectivity index (χ2v) is 6.39. The van der Waals surface area contributed by atoms with Crippen molar-refractivity contribution < 1.29 is 9.47 Å². The quantitative estimate of drug-likeness (QED) is 0.816. The van der Waals surface area contributed by atoms with E-state index in [4.69, 9.17) is 9.47 Å². The number of hydrogen-bond donors (Lipinski definition) is 0. The van der Waals surface area contributed by atoms with Gasteiger partial charge in [-0.3, -0.25) is 0 Å². The summed E-state index contributed by atoms with van der Waals surface area (Å²) in [6.07, 6.45) is 3.43.